The normalized spacial score (nSPS) is 20.0. The number of imidazole rings is 1. The van der Waals surface area contributed by atoms with Gasteiger partial charge in [0.2, 0.25) is 0 Å². The minimum absolute atomic E-state index is 0.0242. The first-order chi connectivity index (χ1) is 20.9. The summed E-state index contributed by atoms with van der Waals surface area (Å²) in [4.78, 5) is 15.9. The third-order valence-corrected chi connectivity index (χ3v) is 8.21. The first-order valence-electron chi connectivity index (χ1n) is 13.9. The van der Waals surface area contributed by atoms with E-state index in [-0.39, 0.29) is 36.5 Å². The Labute approximate surface area is 260 Å². The van der Waals surface area contributed by atoms with E-state index < -0.39 is 12.4 Å². The highest BCUT2D eigenvalue weighted by Gasteiger charge is 2.38. The number of rotatable bonds is 10. The van der Waals surface area contributed by atoms with Crippen molar-refractivity contribution >= 4 is 29.3 Å². The molecule has 1 aliphatic rings. The molecule has 4 unspecified atom stereocenters. The summed E-state index contributed by atoms with van der Waals surface area (Å²) in [6.45, 7) is 6.56. The smallest absolute Gasteiger partial charge is 0.407 e. The lowest BCUT2D eigenvalue weighted by molar-refractivity contribution is -0.276. The summed E-state index contributed by atoms with van der Waals surface area (Å²) in [5, 5.41) is 12.9. The Hall–Kier alpha value is -3.66. The number of hydrogen-bond donors (Lipinski definition) is 2. The minimum Gasteiger partial charge on any atom is -0.445 e. The molecule has 4 aromatic rings. The minimum atomic E-state index is -0.632. The molecule has 8 nitrogen and oxygen atoms in total. The fourth-order valence-electron chi connectivity index (χ4n) is 5.05. The van der Waals surface area contributed by atoms with Crippen LogP contribution in [-0.4, -0.2) is 33.5 Å². The van der Waals surface area contributed by atoms with Crippen LogP contribution in [0.4, 0.5) is 4.79 Å². The van der Waals surface area contributed by atoms with Gasteiger partial charge in [-0.3, -0.25) is 0 Å². The molecule has 10 heteroatoms. The van der Waals surface area contributed by atoms with Gasteiger partial charge in [0, 0.05) is 18.0 Å². The first kappa shape index (κ1) is 30.8. The number of aliphatic hydroxyl groups is 1. The van der Waals surface area contributed by atoms with Gasteiger partial charge in [0.15, 0.2) is 11.4 Å². The second-order valence-corrected chi connectivity index (χ2v) is 11.1. The van der Waals surface area contributed by atoms with E-state index in [1.54, 1.807) is 10.9 Å². The SMILES string of the molecule is C=CCOC(=O)NCc1cccc(-c2ccc(C3OC(Cn4cnc(Cl)c4Cl)C(C)C(c4ccc(CO)cc4)O3)cc2)c1. The molecule has 2 heterocycles. The van der Waals surface area contributed by atoms with Gasteiger partial charge in [-0.2, -0.15) is 0 Å². The Morgan fingerprint density at radius 1 is 1.05 bits per heavy atom. The highest BCUT2D eigenvalue weighted by Crippen LogP contribution is 2.42. The van der Waals surface area contributed by atoms with Gasteiger partial charge in [-0.1, -0.05) is 110 Å². The van der Waals surface area contributed by atoms with Crippen LogP contribution >= 0.6 is 23.2 Å². The maximum absolute atomic E-state index is 11.8. The van der Waals surface area contributed by atoms with Crippen molar-refractivity contribution in [2.45, 2.75) is 45.1 Å². The second-order valence-electron chi connectivity index (χ2n) is 10.4. The average Bonchev–Trinajstić information content (AvgIpc) is 3.36. The fraction of sp³-hybridized carbons (Fsp3) is 0.273. The summed E-state index contributed by atoms with van der Waals surface area (Å²) in [5.41, 5.74) is 5.66. The Kier molecular flexibility index (Phi) is 10.2. The fourth-order valence-corrected chi connectivity index (χ4v) is 5.36. The van der Waals surface area contributed by atoms with Crippen LogP contribution in [0.1, 0.15) is 41.6 Å². The number of nitrogens with one attached hydrogen (secondary N) is 1. The highest BCUT2D eigenvalue weighted by atomic mass is 35.5. The first-order valence-corrected chi connectivity index (χ1v) is 14.7. The number of carbonyl (C=O) groups is 1. The topological polar surface area (TPSA) is 94.8 Å². The van der Waals surface area contributed by atoms with Crippen molar-refractivity contribution in [3.05, 3.63) is 124 Å². The molecule has 4 atom stereocenters. The Morgan fingerprint density at radius 3 is 2.47 bits per heavy atom. The summed E-state index contributed by atoms with van der Waals surface area (Å²) in [7, 11) is 0. The molecule has 5 rings (SSSR count). The molecule has 1 amide bonds. The number of benzene rings is 3. The molecule has 43 heavy (non-hydrogen) atoms. The van der Waals surface area contributed by atoms with Crippen LogP contribution in [0.3, 0.4) is 0 Å². The zero-order valence-electron chi connectivity index (χ0n) is 23.7. The maximum Gasteiger partial charge on any atom is 0.407 e. The van der Waals surface area contributed by atoms with Crippen molar-refractivity contribution in [2.24, 2.45) is 5.92 Å². The van der Waals surface area contributed by atoms with Crippen LogP contribution in [-0.2, 0) is 33.9 Å². The van der Waals surface area contributed by atoms with Gasteiger partial charge in [0.25, 0.3) is 0 Å². The largest absolute Gasteiger partial charge is 0.445 e. The average molecular weight is 623 g/mol. The molecule has 1 aromatic heterocycles. The predicted octanol–water partition coefficient (Wildman–Crippen LogP) is 7.25. The molecule has 1 saturated heterocycles. The van der Waals surface area contributed by atoms with Crippen LogP contribution in [0, 0.1) is 5.92 Å². The van der Waals surface area contributed by atoms with E-state index in [0.717, 1.165) is 33.4 Å². The van der Waals surface area contributed by atoms with Crippen molar-refractivity contribution in [2.75, 3.05) is 6.61 Å². The van der Waals surface area contributed by atoms with Crippen molar-refractivity contribution < 1.29 is 24.1 Å². The lowest BCUT2D eigenvalue weighted by Crippen LogP contribution is -2.39. The predicted molar refractivity (Wildman–Crippen MR) is 165 cm³/mol. The van der Waals surface area contributed by atoms with Gasteiger partial charge in [0.05, 0.1) is 31.7 Å². The van der Waals surface area contributed by atoms with Gasteiger partial charge >= 0.3 is 6.09 Å². The summed E-state index contributed by atoms with van der Waals surface area (Å²) in [6.07, 6.45) is 1.49. The van der Waals surface area contributed by atoms with E-state index in [4.69, 9.17) is 37.4 Å². The summed E-state index contributed by atoms with van der Waals surface area (Å²) < 4.78 is 19.9. The molecule has 0 radical (unpaired) electrons. The lowest BCUT2D eigenvalue weighted by atomic mass is 9.90. The van der Waals surface area contributed by atoms with Crippen LogP contribution in [0.15, 0.2) is 91.8 Å². The molecule has 224 valence electrons. The van der Waals surface area contributed by atoms with Gasteiger partial charge in [0.1, 0.15) is 11.8 Å². The Morgan fingerprint density at radius 2 is 1.79 bits per heavy atom. The molecule has 2 N–H and O–H groups in total. The van der Waals surface area contributed by atoms with Gasteiger partial charge in [-0.15, -0.1) is 0 Å². The maximum atomic E-state index is 11.8. The van der Waals surface area contributed by atoms with E-state index in [0.29, 0.717) is 18.2 Å². The quantitative estimate of drug-likeness (QED) is 0.181. The van der Waals surface area contributed by atoms with Crippen molar-refractivity contribution in [1.29, 1.82) is 0 Å². The Bertz CT molecular complexity index is 1540. The molecule has 1 fully saturated rings. The summed E-state index contributed by atoms with van der Waals surface area (Å²) in [5.74, 6) is -0.0295. The van der Waals surface area contributed by atoms with E-state index in [1.807, 2.05) is 72.8 Å². The van der Waals surface area contributed by atoms with Gasteiger partial charge in [-0.05, 0) is 33.9 Å². The highest BCUT2D eigenvalue weighted by molar-refractivity contribution is 6.40. The summed E-state index contributed by atoms with van der Waals surface area (Å²) >= 11 is 12.5. The molecular formula is C33H33Cl2N3O5. The van der Waals surface area contributed by atoms with E-state index >= 15 is 0 Å². The van der Waals surface area contributed by atoms with Crippen LogP contribution < -0.4 is 5.32 Å². The van der Waals surface area contributed by atoms with Crippen LogP contribution in [0.5, 0.6) is 0 Å². The zero-order valence-corrected chi connectivity index (χ0v) is 25.2. The number of hydrogen-bond acceptors (Lipinski definition) is 6. The number of aromatic nitrogens is 2. The molecular weight excluding hydrogens is 589 g/mol. The third-order valence-electron chi connectivity index (χ3n) is 7.45. The zero-order chi connectivity index (χ0) is 30.3. The van der Waals surface area contributed by atoms with E-state index in [1.165, 1.54) is 6.08 Å². The number of amides is 1. The van der Waals surface area contributed by atoms with Crippen molar-refractivity contribution in [1.82, 2.24) is 14.9 Å². The van der Waals surface area contributed by atoms with Gasteiger partial charge < -0.3 is 29.2 Å². The van der Waals surface area contributed by atoms with Crippen LogP contribution in [0.25, 0.3) is 11.1 Å². The number of halogens is 2. The number of nitrogens with zero attached hydrogens (tertiary/aromatic N) is 2. The van der Waals surface area contributed by atoms with Crippen molar-refractivity contribution in [3.63, 3.8) is 0 Å². The monoisotopic (exact) mass is 621 g/mol. The molecule has 1 aliphatic heterocycles. The number of alkyl carbamates (subject to hydrolysis) is 1. The molecule has 0 aliphatic carbocycles. The molecule has 0 spiro atoms. The van der Waals surface area contributed by atoms with Crippen LogP contribution in [0.2, 0.25) is 10.3 Å². The number of aliphatic hydroxyl groups excluding tert-OH is 1. The second kappa shape index (κ2) is 14.2. The lowest BCUT2D eigenvalue weighted by Gasteiger charge is -2.41. The third kappa shape index (κ3) is 7.47. The number of carbonyl (C=O) groups excluding carboxylic acids is 1. The molecule has 3 aromatic carbocycles. The van der Waals surface area contributed by atoms with Gasteiger partial charge in [-0.25, -0.2) is 9.78 Å². The summed E-state index contributed by atoms with van der Waals surface area (Å²) in [6, 6.07) is 23.8. The van der Waals surface area contributed by atoms with E-state index in [9.17, 15) is 9.90 Å². The Balaban J connectivity index is 1.35. The molecule has 0 bridgehead atoms. The van der Waals surface area contributed by atoms with E-state index in [2.05, 4.69) is 23.8 Å². The standard InChI is InChI=1S/C33H33Cl2N3O5/c1-3-15-41-33(40)36-17-23-5-4-6-27(16-23)24-11-13-26(14-12-24)32-42-28(18-38-20-37-30(34)31(38)35)21(2)29(43-32)25-9-7-22(19-39)8-10-25/h3-14,16,20-21,28-29,32,39H,1,15,17-19H2,2H3,(H,36,40). The number of ether oxygens (including phenoxy) is 3. The van der Waals surface area contributed by atoms with Crippen molar-refractivity contribution in [3.8, 4) is 11.1 Å². The molecule has 0 saturated carbocycles.